The molecule has 5 nitrogen and oxygen atoms in total. The molecule has 1 aliphatic carbocycles. The maximum absolute atomic E-state index is 12.2. The SMILES string of the molecule is CCOC(=O)C(C)(CN1CCS(=O)CC1)NC1CC1. The van der Waals surface area contributed by atoms with Crippen LogP contribution in [0.1, 0.15) is 26.7 Å². The molecule has 1 saturated heterocycles. The Bertz CT molecular complexity index is 350. The summed E-state index contributed by atoms with van der Waals surface area (Å²) in [6, 6.07) is 0.452. The van der Waals surface area contributed by atoms with E-state index in [1.54, 1.807) is 0 Å². The third kappa shape index (κ3) is 4.26. The average Bonchev–Trinajstić information content (AvgIpc) is 3.16. The molecule has 110 valence electrons. The van der Waals surface area contributed by atoms with E-state index < -0.39 is 16.3 Å². The van der Waals surface area contributed by atoms with Crippen LogP contribution < -0.4 is 5.32 Å². The van der Waals surface area contributed by atoms with E-state index in [-0.39, 0.29) is 5.97 Å². The molecule has 0 spiro atoms. The van der Waals surface area contributed by atoms with Gasteiger partial charge in [-0.3, -0.25) is 19.2 Å². The maximum Gasteiger partial charge on any atom is 0.327 e. The van der Waals surface area contributed by atoms with Crippen molar-refractivity contribution in [3.8, 4) is 0 Å². The Hall–Kier alpha value is -0.460. The standard InChI is InChI=1S/C13H24N2O3S/c1-3-18-12(16)13(2,14-11-4-5-11)10-15-6-8-19(17)9-7-15/h11,14H,3-10H2,1-2H3. The Morgan fingerprint density at radius 2 is 2.05 bits per heavy atom. The van der Waals surface area contributed by atoms with Gasteiger partial charge in [-0.2, -0.15) is 0 Å². The molecule has 1 atom stereocenters. The summed E-state index contributed by atoms with van der Waals surface area (Å²) in [5, 5.41) is 3.42. The number of hydrogen-bond donors (Lipinski definition) is 1. The molecule has 0 bridgehead atoms. The number of esters is 1. The van der Waals surface area contributed by atoms with Crippen molar-refractivity contribution in [3.63, 3.8) is 0 Å². The Morgan fingerprint density at radius 1 is 1.42 bits per heavy atom. The van der Waals surface area contributed by atoms with Gasteiger partial charge < -0.3 is 4.74 Å². The van der Waals surface area contributed by atoms with Gasteiger partial charge >= 0.3 is 5.97 Å². The number of hydrogen-bond acceptors (Lipinski definition) is 5. The molecule has 2 aliphatic rings. The van der Waals surface area contributed by atoms with Gasteiger partial charge in [-0.05, 0) is 26.7 Å². The van der Waals surface area contributed by atoms with Gasteiger partial charge in [0.15, 0.2) is 0 Å². The van der Waals surface area contributed by atoms with Crippen LogP contribution in [-0.2, 0) is 20.3 Å². The maximum atomic E-state index is 12.2. The Labute approximate surface area is 117 Å². The molecule has 2 fully saturated rings. The molecule has 1 aliphatic heterocycles. The molecule has 1 saturated carbocycles. The molecule has 1 N–H and O–H groups in total. The van der Waals surface area contributed by atoms with E-state index in [2.05, 4.69) is 10.2 Å². The van der Waals surface area contributed by atoms with E-state index in [0.29, 0.717) is 30.7 Å². The zero-order chi connectivity index (χ0) is 13.9. The van der Waals surface area contributed by atoms with E-state index in [9.17, 15) is 9.00 Å². The minimum Gasteiger partial charge on any atom is -0.465 e. The van der Waals surface area contributed by atoms with Crippen LogP contribution in [0.5, 0.6) is 0 Å². The third-order valence-electron chi connectivity index (χ3n) is 3.64. The summed E-state index contributed by atoms with van der Waals surface area (Å²) >= 11 is 0. The van der Waals surface area contributed by atoms with Crippen LogP contribution in [-0.4, -0.2) is 64.4 Å². The van der Waals surface area contributed by atoms with Crippen LogP contribution in [0.4, 0.5) is 0 Å². The quantitative estimate of drug-likeness (QED) is 0.704. The van der Waals surface area contributed by atoms with Crippen LogP contribution >= 0.6 is 0 Å². The predicted octanol–water partition coefficient (Wildman–Crippen LogP) is 0.125. The zero-order valence-corrected chi connectivity index (χ0v) is 12.6. The third-order valence-corrected chi connectivity index (χ3v) is 4.91. The fourth-order valence-electron chi connectivity index (χ4n) is 2.42. The largest absolute Gasteiger partial charge is 0.465 e. The summed E-state index contributed by atoms with van der Waals surface area (Å²) in [5.74, 6) is 1.25. The molecular weight excluding hydrogens is 264 g/mol. The molecule has 0 aromatic heterocycles. The molecule has 1 heterocycles. The van der Waals surface area contributed by atoms with E-state index >= 15 is 0 Å². The minimum atomic E-state index is -0.680. The molecule has 2 rings (SSSR count). The van der Waals surface area contributed by atoms with Crippen LogP contribution in [0.25, 0.3) is 0 Å². The highest BCUT2D eigenvalue weighted by atomic mass is 32.2. The van der Waals surface area contributed by atoms with Gasteiger partial charge in [0.1, 0.15) is 5.54 Å². The number of rotatable bonds is 6. The number of carbonyl (C=O) groups excluding carboxylic acids is 1. The second kappa shape index (κ2) is 6.33. The number of nitrogens with one attached hydrogen (secondary N) is 1. The molecular formula is C13H24N2O3S. The summed E-state index contributed by atoms with van der Waals surface area (Å²) in [5.41, 5.74) is -0.643. The van der Waals surface area contributed by atoms with Crippen molar-refractivity contribution in [2.75, 3.05) is 37.7 Å². The fraction of sp³-hybridized carbons (Fsp3) is 0.923. The molecule has 1 unspecified atom stereocenters. The smallest absolute Gasteiger partial charge is 0.327 e. The summed E-state index contributed by atoms with van der Waals surface area (Å²) in [4.78, 5) is 14.4. The molecule has 0 aromatic carbocycles. The fourth-order valence-corrected chi connectivity index (χ4v) is 3.55. The zero-order valence-electron chi connectivity index (χ0n) is 11.8. The van der Waals surface area contributed by atoms with E-state index in [0.717, 1.165) is 25.9 Å². The van der Waals surface area contributed by atoms with Crippen molar-refractivity contribution >= 4 is 16.8 Å². The Morgan fingerprint density at radius 3 is 2.58 bits per heavy atom. The van der Waals surface area contributed by atoms with E-state index in [4.69, 9.17) is 4.74 Å². The lowest BCUT2D eigenvalue weighted by Gasteiger charge is -2.36. The van der Waals surface area contributed by atoms with Crippen molar-refractivity contribution in [1.29, 1.82) is 0 Å². The first-order valence-corrected chi connectivity index (χ1v) is 8.54. The van der Waals surface area contributed by atoms with Crippen LogP contribution in [0, 0.1) is 0 Å². The second-order valence-corrected chi connectivity index (χ2v) is 7.29. The lowest BCUT2D eigenvalue weighted by atomic mass is 10.0. The summed E-state index contributed by atoms with van der Waals surface area (Å²) in [6.45, 7) is 6.40. The van der Waals surface area contributed by atoms with Crippen LogP contribution in [0.2, 0.25) is 0 Å². The monoisotopic (exact) mass is 288 g/mol. The van der Waals surface area contributed by atoms with Gasteiger partial charge in [0, 0.05) is 48.0 Å². The highest BCUT2D eigenvalue weighted by Crippen LogP contribution is 2.24. The highest BCUT2D eigenvalue weighted by Gasteiger charge is 2.41. The van der Waals surface area contributed by atoms with Crippen LogP contribution in [0.3, 0.4) is 0 Å². The molecule has 0 radical (unpaired) electrons. The van der Waals surface area contributed by atoms with Gasteiger partial charge in [-0.25, -0.2) is 0 Å². The molecule has 0 amide bonds. The molecule has 0 aromatic rings. The van der Waals surface area contributed by atoms with Crippen LogP contribution in [0.15, 0.2) is 0 Å². The summed E-state index contributed by atoms with van der Waals surface area (Å²) < 4.78 is 16.6. The normalized spacial score (nSPS) is 24.9. The average molecular weight is 288 g/mol. The lowest BCUT2D eigenvalue weighted by molar-refractivity contribution is -0.151. The Kier molecular flexibility index (Phi) is 4.97. The second-order valence-electron chi connectivity index (χ2n) is 5.60. The van der Waals surface area contributed by atoms with Gasteiger partial charge in [-0.15, -0.1) is 0 Å². The topological polar surface area (TPSA) is 58.6 Å². The first kappa shape index (κ1) is 14.9. The Balaban J connectivity index is 1.95. The highest BCUT2D eigenvalue weighted by molar-refractivity contribution is 7.85. The van der Waals surface area contributed by atoms with Gasteiger partial charge in [0.2, 0.25) is 0 Å². The van der Waals surface area contributed by atoms with E-state index in [1.807, 2.05) is 13.8 Å². The van der Waals surface area contributed by atoms with Crippen molar-refractivity contribution < 1.29 is 13.7 Å². The molecule has 6 heteroatoms. The summed E-state index contributed by atoms with van der Waals surface area (Å²) in [6.07, 6.45) is 2.28. The first-order chi connectivity index (χ1) is 9.03. The van der Waals surface area contributed by atoms with Crippen molar-refractivity contribution in [1.82, 2.24) is 10.2 Å². The van der Waals surface area contributed by atoms with Crippen molar-refractivity contribution in [2.45, 2.75) is 38.3 Å². The molecule has 19 heavy (non-hydrogen) atoms. The number of carbonyl (C=O) groups is 1. The number of ether oxygens (including phenoxy) is 1. The van der Waals surface area contributed by atoms with Gasteiger partial charge in [0.25, 0.3) is 0 Å². The van der Waals surface area contributed by atoms with Crippen molar-refractivity contribution in [2.24, 2.45) is 0 Å². The summed E-state index contributed by atoms with van der Waals surface area (Å²) in [7, 11) is -0.680. The minimum absolute atomic E-state index is 0.173. The van der Waals surface area contributed by atoms with Crippen molar-refractivity contribution in [3.05, 3.63) is 0 Å². The first-order valence-electron chi connectivity index (χ1n) is 7.06. The predicted molar refractivity (Wildman–Crippen MR) is 75.5 cm³/mol. The number of nitrogens with zero attached hydrogens (tertiary/aromatic N) is 1. The van der Waals surface area contributed by atoms with Gasteiger partial charge in [-0.1, -0.05) is 0 Å². The van der Waals surface area contributed by atoms with E-state index in [1.165, 1.54) is 0 Å². The lowest BCUT2D eigenvalue weighted by Crippen LogP contribution is -2.59. The van der Waals surface area contributed by atoms with Gasteiger partial charge in [0.05, 0.1) is 6.61 Å².